The topological polar surface area (TPSA) is 52.3 Å². The minimum Gasteiger partial charge on any atom is -0.379 e. The van der Waals surface area contributed by atoms with E-state index in [-0.39, 0.29) is 11.8 Å². The maximum absolute atomic E-state index is 10.8. The molecule has 0 amide bonds. The van der Waals surface area contributed by atoms with Crippen LogP contribution in [0.2, 0.25) is 0 Å². The molecule has 1 aliphatic heterocycles. The Morgan fingerprint density at radius 3 is 3.22 bits per heavy atom. The molecule has 0 aliphatic carbocycles. The van der Waals surface area contributed by atoms with Crippen molar-refractivity contribution >= 4 is 5.78 Å². The second kappa shape index (κ2) is 2.94. The van der Waals surface area contributed by atoms with Crippen LogP contribution in [0.5, 0.6) is 0 Å². The fourth-order valence-electron chi connectivity index (χ4n) is 0.837. The summed E-state index contributed by atoms with van der Waals surface area (Å²) in [6.45, 7) is 1.08. The van der Waals surface area contributed by atoms with Crippen LogP contribution in [0.25, 0.3) is 0 Å². The molecule has 1 aliphatic rings. The Balaban J connectivity index is 2.41. The van der Waals surface area contributed by atoms with Gasteiger partial charge in [-0.25, -0.2) is 0 Å². The van der Waals surface area contributed by atoms with E-state index in [0.717, 1.165) is 6.42 Å². The molecule has 2 N–H and O–H groups in total. The van der Waals surface area contributed by atoms with Gasteiger partial charge in [-0.1, -0.05) is 0 Å². The van der Waals surface area contributed by atoms with Crippen molar-refractivity contribution in [3.63, 3.8) is 0 Å². The van der Waals surface area contributed by atoms with Crippen molar-refractivity contribution in [2.45, 2.75) is 18.9 Å². The highest BCUT2D eigenvalue weighted by Gasteiger charge is 2.15. The van der Waals surface area contributed by atoms with Crippen molar-refractivity contribution in [3.05, 3.63) is 0 Å². The van der Waals surface area contributed by atoms with Crippen molar-refractivity contribution in [3.8, 4) is 0 Å². The van der Waals surface area contributed by atoms with Crippen molar-refractivity contribution < 1.29 is 9.53 Å². The van der Waals surface area contributed by atoms with Crippen LogP contribution in [0.1, 0.15) is 12.8 Å². The first kappa shape index (κ1) is 6.71. The first-order valence-corrected chi connectivity index (χ1v) is 3.17. The molecule has 0 aromatic rings. The van der Waals surface area contributed by atoms with Gasteiger partial charge in [0.2, 0.25) is 0 Å². The van der Waals surface area contributed by atoms with E-state index < -0.39 is 0 Å². The highest BCUT2D eigenvalue weighted by molar-refractivity contribution is 5.84. The number of carbonyl (C=O) groups excluding carboxylic acids is 1. The van der Waals surface area contributed by atoms with Crippen molar-refractivity contribution in [1.29, 1.82) is 0 Å². The third kappa shape index (κ3) is 1.77. The van der Waals surface area contributed by atoms with Crippen LogP contribution in [-0.4, -0.2) is 25.0 Å². The van der Waals surface area contributed by atoms with Crippen molar-refractivity contribution in [1.82, 2.24) is 0 Å². The van der Waals surface area contributed by atoms with E-state index in [1.807, 2.05) is 0 Å². The first-order valence-electron chi connectivity index (χ1n) is 3.17. The fourth-order valence-corrected chi connectivity index (χ4v) is 0.837. The monoisotopic (exact) mass is 129 g/mol. The lowest BCUT2D eigenvalue weighted by Crippen LogP contribution is -2.33. The van der Waals surface area contributed by atoms with Gasteiger partial charge in [-0.15, -0.1) is 0 Å². The summed E-state index contributed by atoms with van der Waals surface area (Å²) >= 11 is 0. The summed E-state index contributed by atoms with van der Waals surface area (Å²) in [6.07, 6.45) is 1.41. The van der Waals surface area contributed by atoms with Crippen LogP contribution in [0.4, 0.5) is 0 Å². The standard InChI is InChI=1S/C6H11NO2/c7-5-4-9-3-1-2-6(5)8/h5H,1-4,7H2. The number of Topliss-reactive ketones (excluding diaryl/α,β-unsaturated/α-hetero) is 1. The molecule has 1 rings (SSSR count). The lowest BCUT2D eigenvalue weighted by molar-refractivity contribution is -0.120. The van der Waals surface area contributed by atoms with Gasteiger partial charge in [-0.2, -0.15) is 0 Å². The van der Waals surface area contributed by atoms with Gasteiger partial charge in [0.15, 0.2) is 5.78 Å². The predicted octanol–water partition coefficient (Wildman–Crippen LogP) is -0.307. The van der Waals surface area contributed by atoms with E-state index in [0.29, 0.717) is 19.6 Å². The second-order valence-corrected chi connectivity index (χ2v) is 2.25. The number of ether oxygens (including phenoxy) is 1. The number of carbonyl (C=O) groups is 1. The molecule has 0 aromatic carbocycles. The summed E-state index contributed by atoms with van der Waals surface area (Å²) in [5, 5.41) is 0. The van der Waals surface area contributed by atoms with Crippen LogP contribution in [-0.2, 0) is 9.53 Å². The number of hydrogen-bond acceptors (Lipinski definition) is 3. The predicted molar refractivity (Wildman–Crippen MR) is 33.0 cm³/mol. The lowest BCUT2D eigenvalue weighted by atomic mass is 10.1. The summed E-state index contributed by atoms with van der Waals surface area (Å²) in [7, 11) is 0. The minimum atomic E-state index is -0.368. The van der Waals surface area contributed by atoms with Crippen molar-refractivity contribution in [2.75, 3.05) is 13.2 Å². The average Bonchev–Trinajstić information content (AvgIpc) is 1.99. The van der Waals surface area contributed by atoms with Crippen LogP contribution < -0.4 is 5.73 Å². The Morgan fingerprint density at radius 1 is 1.67 bits per heavy atom. The van der Waals surface area contributed by atoms with E-state index >= 15 is 0 Å². The molecular formula is C6H11NO2. The Labute approximate surface area is 54.2 Å². The van der Waals surface area contributed by atoms with Gasteiger partial charge in [-0.05, 0) is 6.42 Å². The third-order valence-corrected chi connectivity index (χ3v) is 1.42. The van der Waals surface area contributed by atoms with E-state index in [1.165, 1.54) is 0 Å². The Hall–Kier alpha value is -0.410. The molecule has 1 unspecified atom stereocenters. The summed E-state index contributed by atoms with van der Waals surface area (Å²) in [5.74, 6) is 0.132. The van der Waals surface area contributed by atoms with Gasteiger partial charge in [-0.3, -0.25) is 4.79 Å². The number of hydrogen-bond donors (Lipinski definition) is 1. The van der Waals surface area contributed by atoms with Gasteiger partial charge in [0.05, 0.1) is 12.6 Å². The molecule has 0 aromatic heterocycles. The molecule has 0 spiro atoms. The number of rotatable bonds is 0. The SMILES string of the molecule is NC1COCCCC1=O. The third-order valence-electron chi connectivity index (χ3n) is 1.42. The molecule has 3 heteroatoms. The maximum atomic E-state index is 10.8. The maximum Gasteiger partial charge on any atom is 0.151 e. The van der Waals surface area contributed by atoms with E-state index in [4.69, 9.17) is 10.5 Å². The van der Waals surface area contributed by atoms with E-state index in [2.05, 4.69) is 0 Å². The van der Waals surface area contributed by atoms with E-state index in [1.54, 1.807) is 0 Å². The smallest absolute Gasteiger partial charge is 0.151 e. The van der Waals surface area contributed by atoms with Gasteiger partial charge < -0.3 is 10.5 Å². The molecule has 52 valence electrons. The average molecular weight is 129 g/mol. The lowest BCUT2D eigenvalue weighted by Gasteiger charge is -2.02. The summed E-state index contributed by atoms with van der Waals surface area (Å²) < 4.78 is 5.03. The molecule has 0 saturated carbocycles. The zero-order valence-corrected chi connectivity index (χ0v) is 5.30. The molecule has 9 heavy (non-hydrogen) atoms. The molecule has 3 nitrogen and oxygen atoms in total. The quantitative estimate of drug-likeness (QED) is 0.488. The number of ketones is 1. The van der Waals surface area contributed by atoms with Crippen LogP contribution in [0, 0.1) is 0 Å². The van der Waals surface area contributed by atoms with E-state index in [9.17, 15) is 4.79 Å². The summed E-state index contributed by atoms with van der Waals surface area (Å²) in [6, 6.07) is -0.368. The summed E-state index contributed by atoms with van der Waals surface area (Å²) in [5.41, 5.74) is 5.40. The van der Waals surface area contributed by atoms with Crippen LogP contribution in [0.15, 0.2) is 0 Å². The zero-order valence-electron chi connectivity index (χ0n) is 5.30. The molecule has 1 fully saturated rings. The second-order valence-electron chi connectivity index (χ2n) is 2.25. The first-order chi connectivity index (χ1) is 4.30. The largest absolute Gasteiger partial charge is 0.379 e. The van der Waals surface area contributed by atoms with Gasteiger partial charge in [0.1, 0.15) is 0 Å². The van der Waals surface area contributed by atoms with Crippen LogP contribution >= 0.6 is 0 Å². The molecule has 0 bridgehead atoms. The Bertz CT molecular complexity index is 114. The summed E-state index contributed by atoms with van der Waals surface area (Å²) in [4.78, 5) is 10.8. The van der Waals surface area contributed by atoms with Gasteiger partial charge in [0.25, 0.3) is 0 Å². The minimum absolute atomic E-state index is 0.132. The number of nitrogens with two attached hydrogens (primary N) is 1. The van der Waals surface area contributed by atoms with Crippen molar-refractivity contribution in [2.24, 2.45) is 5.73 Å². The molecule has 1 atom stereocenters. The van der Waals surface area contributed by atoms with Gasteiger partial charge in [0, 0.05) is 13.0 Å². The fraction of sp³-hybridized carbons (Fsp3) is 0.833. The highest BCUT2D eigenvalue weighted by atomic mass is 16.5. The highest BCUT2D eigenvalue weighted by Crippen LogP contribution is 2.01. The van der Waals surface area contributed by atoms with Gasteiger partial charge >= 0.3 is 0 Å². The molecule has 0 radical (unpaired) electrons. The molecular weight excluding hydrogens is 118 g/mol. The van der Waals surface area contributed by atoms with Crippen LogP contribution in [0.3, 0.4) is 0 Å². The zero-order chi connectivity index (χ0) is 6.69. The normalized spacial score (nSPS) is 29.9. The molecule has 1 heterocycles. The molecule has 1 saturated heterocycles. The Kier molecular flexibility index (Phi) is 2.19. The Morgan fingerprint density at radius 2 is 2.44 bits per heavy atom.